The molecule has 0 aliphatic rings. The zero-order chi connectivity index (χ0) is 20.8. The lowest BCUT2D eigenvalue weighted by Gasteiger charge is -2.34. The summed E-state index contributed by atoms with van der Waals surface area (Å²) in [6.45, 7) is 2.91. The summed E-state index contributed by atoms with van der Waals surface area (Å²) >= 11 is 0. The topological polar surface area (TPSA) is 73.8 Å². The van der Waals surface area contributed by atoms with Gasteiger partial charge < -0.3 is 10.4 Å². The first-order valence-corrected chi connectivity index (χ1v) is 10.1. The van der Waals surface area contributed by atoms with Crippen LogP contribution < -0.4 is 5.32 Å². The number of aliphatic hydroxyl groups is 1. The number of nitrogens with zero attached hydrogens (tertiary/aromatic N) is 2. The van der Waals surface area contributed by atoms with Crippen LogP contribution in [0.3, 0.4) is 0 Å². The molecule has 0 saturated carbocycles. The molecule has 4 aromatic rings. The van der Waals surface area contributed by atoms with E-state index in [1.165, 1.54) is 0 Å². The van der Waals surface area contributed by atoms with E-state index < -0.39 is 5.60 Å². The number of benzene rings is 2. The van der Waals surface area contributed by atoms with Crippen LogP contribution in [0.15, 0.2) is 91.4 Å². The highest BCUT2D eigenvalue weighted by atomic mass is 16.3. The van der Waals surface area contributed by atoms with Crippen LogP contribution in [-0.4, -0.2) is 32.4 Å². The van der Waals surface area contributed by atoms with Crippen molar-refractivity contribution in [3.05, 3.63) is 108 Å². The Morgan fingerprint density at radius 3 is 2.20 bits per heavy atom. The SMILES string of the molecule is CC(O)(CNCc1cn[nH]c1-c1cccnc1)C(c1ccccc1)c1ccccc1. The van der Waals surface area contributed by atoms with E-state index in [1.54, 1.807) is 6.20 Å². The Morgan fingerprint density at radius 1 is 0.933 bits per heavy atom. The monoisotopic (exact) mass is 398 g/mol. The highest BCUT2D eigenvalue weighted by Gasteiger charge is 2.34. The van der Waals surface area contributed by atoms with Crippen LogP contribution in [0.1, 0.15) is 29.5 Å². The first kappa shape index (κ1) is 20.0. The molecule has 0 fully saturated rings. The first-order chi connectivity index (χ1) is 14.6. The minimum Gasteiger partial charge on any atom is -0.388 e. The molecule has 5 nitrogen and oxygen atoms in total. The normalized spacial score (nSPS) is 13.3. The molecule has 1 unspecified atom stereocenters. The molecule has 3 N–H and O–H groups in total. The van der Waals surface area contributed by atoms with Crippen molar-refractivity contribution in [3.63, 3.8) is 0 Å². The van der Waals surface area contributed by atoms with Crippen molar-refractivity contribution in [3.8, 4) is 11.3 Å². The number of aromatic amines is 1. The van der Waals surface area contributed by atoms with Crippen molar-refractivity contribution >= 4 is 0 Å². The lowest BCUT2D eigenvalue weighted by atomic mass is 9.78. The van der Waals surface area contributed by atoms with E-state index in [2.05, 4.69) is 44.8 Å². The van der Waals surface area contributed by atoms with E-state index in [0.29, 0.717) is 13.1 Å². The van der Waals surface area contributed by atoms with Crippen LogP contribution in [0.2, 0.25) is 0 Å². The van der Waals surface area contributed by atoms with Gasteiger partial charge >= 0.3 is 0 Å². The molecule has 2 aromatic carbocycles. The fourth-order valence-corrected chi connectivity index (χ4v) is 3.96. The van der Waals surface area contributed by atoms with Crippen molar-refractivity contribution in [1.29, 1.82) is 0 Å². The third-order valence-corrected chi connectivity index (χ3v) is 5.35. The lowest BCUT2D eigenvalue weighted by molar-refractivity contribution is 0.0426. The van der Waals surface area contributed by atoms with E-state index in [-0.39, 0.29) is 5.92 Å². The maximum absolute atomic E-state index is 11.5. The summed E-state index contributed by atoms with van der Waals surface area (Å²) in [5, 5.41) is 22.2. The van der Waals surface area contributed by atoms with Crippen LogP contribution in [0.25, 0.3) is 11.3 Å². The molecule has 5 heteroatoms. The first-order valence-electron chi connectivity index (χ1n) is 10.1. The van der Waals surface area contributed by atoms with Crippen molar-refractivity contribution in [2.45, 2.75) is 25.0 Å². The highest BCUT2D eigenvalue weighted by molar-refractivity contribution is 5.61. The van der Waals surface area contributed by atoms with Gasteiger partial charge in [-0.2, -0.15) is 5.10 Å². The smallest absolute Gasteiger partial charge is 0.0852 e. The fraction of sp³-hybridized carbons (Fsp3) is 0.200. The molecule has 30 heavy (non-hydrogen) atoms. The Bertz CT molecular complexity index is 1010. The van der Waals surface area contributed by atoms with Gasteiger partial charge in [-0.3, -0.25) is 10.1 Å². The van der Waals surface area contributed by atoms with E-state index in [4.69, 9.17) is 0 Å². The number of pyridine rings is 1. The number of nitrogens with one attached hydrogen (secondary N) is 2. The highest BCUT2D eigenvalue weighted by Crippen LogP contribution is 2.34. The van der Waals surface area contributed by atoms with Gasteiger partial charge in [0.1, 0.15) is 0 Å². The maximum Gasteiger partial charge on any atom is 0.0852 e. The molecule has 2 aromatic heterocycles. The van der Waals surface area contributed by atoms with Gasteiger partial charge in [-0.25, -0.2) is 0 Å². The zero-order valence-corrected chi connectivity index (χ0v) is 17.0. The van der Waals surface area contributed by atoms with Gasteiger partial charge in [0.25, 0.3) is 0 Å². The molecule has 2 heterocycles. The molecule has 1 atom stereocenters. The van der Waals surface area contributed by atoms with Crippen molar-refractivity contribution in [2.75, 3.05) is 6.54 Å². The third-order valence-electron chi connectivity index (χ3n) is 5.35. The summed E-state index contributed by atoms with van der Waals surface area (Å²) in [7, 11) is 0. The summed E-state index contributed by atoms with van der Waals surface area (Å²) in [5.41, 5.74) is 4.17. The molecule has 0 aliphatic carbocycles. The van der Waals surface area contributed by atoms with Gasteiger partial charge in [0.15, 0.2) is 0 Å². The summed E-state index contributed by atoms with van der Waals surface area (Å²) in [6, 6.07) is 24.2. The van der Waals surface area contributed by atoms with Gasteiger partial charge in [-0.05, 0) is 30.2 Å². The van der Waals surface area contributed by atoms with Gasteiger partial charge in [0.2, 0.25) is 0 Å². The predicted octanol–water partition coefficient (Wildman–Crippen LogP) is 4.14. The molecule has 0 radical (unpaired) electrons. The summed E-state index contributed by atoms with van der Waals surface area (Å²) in [6.07, 6.45) is 5.38. The fourth-order valence-electron chi connectivity index (χ4n) is 3.96. The van der Waals surface area contributed by atoms with Crippen LogP contribution in [0, 0.1) is 0 Å². The molecule has 0 bridgehead atoms. The summed E-state index contributed by atoms with van der Waals surface area (Å²) in [4.78, 5) is 4.18. The van der Waals surface area contributed by atoms with Crippen molar-refractivity contribution in [1.82, 2.24) is 20.5 Å². The molecule has 0 saturated heterocycles. The van der Waals surface area contributed by atoms with Gasteiger partial charge in [-0.15, -0.1) is 0 Å². The molecular formula is C25H26N4O. The number of rotatable bonds is 8. The second-order valence-electron chi connectivity index (χ2n) is 7.73. The quantitative estimate of drug-likeness (QED) is 0.417. The van der Waals surface area contributed by atoms with Crippen molar-refractivity contribution < 1.29 is 5.11 Å². The maximum atomic E-state index is 11.5. The van der Waals surface area contributed by atoms with E-state index >= 15 is 0 Å². The largest absolute Gasteiger partial charge is 0.388 e. The molecule has 0 aliphatic heterocycles. The van der Waals surface area contributed by atoms with E-state index in [9.17, 15) is 5.11 Å². The Labute approximate surface area is 176 Å². The van der Waals surface area contributed by atoms with Gasteiger partial charge in [-0.1, -0.05) is 60.7 Å². The molecule has 0 amide bonds. The average Bonchev–Trinajstić information content (AvgIpc) is 3.24. The van der Waals surface area contributed by atoms with Gasteiger partial charge in [0.05, 0.1) is 17.5 Å². The van der Waals surface area contributed by atoms with E-state index in [1.807, 2.05) is 67.8 Å². The predicted molar refractivity (Wildman–Crippen MR) is 119 cm³/mol. The Kier molecular flexibility index (Phi) is 6.02. The van der Waals surface area contributed by atoms with Gasteiger partial charge in [0, 0.05) is 42.5 Å². The van der Waals surface area contributed by atoms with Crippen LogP contribution >= 0.6 is 0 Å². The summed E-state index contributed by atoms with van der Waals surface area (Å²) in [5.74, 6) is -0.144. The number of hydrogen-bond acceptors (Lipinski definition) is 4. The molecular weight excluding hydrogens is 372 g/mol. The van der Waals surface area contributed by atoms with Crippen LogP contribution in [-0.2, 0) is 6.54 Å². The minimum atomic E-state index is -0.985. The molecule has 0 spiro atoms. The van der Waals surface area contributed by atoms with Crippen molar-refractivity contribution in [2.24, 2.45) is 0 Å². The second-order valence-corrected chi connectivity index (χ2v) is 7.73. The van der Waals surface area contributed by atoms with E-state index in [0.717, 1.165) is 27.9 Å². The number of hydrogen-bond donors (Lipinski definition) is 3. The van der Waals surface area contributed by atoms with Crippen LogP contribution in [0.4, 0.5) is 0 Å². The second kappa shape index (κ2) is 9.03. The summed E-state index contributed by atoms with van der Waals surface area (Å²) < 4.78 is 0. The third kappa shape index (κ3) is 4.48. The Hall–Kier alpha value is -3.28. The standard InChI is InChI=1S/C25H26N4O/c1-25(30,23(19-9-4-2-5-10-19)20-11-6-3-7-12-20)18-27-16-22-17-28-29-24(22)21-13-8-14-26-15-21/h2-15,17,23,27,30H,16,18H2,1H3,(H,28,29). The Balaban J connectivity index is 1.51. The zero-order valence-electron chi connectivity index (χ0n) is 17.0. The Morgan fingerprint density at radius 2 is 1.60 bits per heavy atom. The number of aromatic nitrogens is 3. The van der Waals surface area contributed by atoms with Crippen LogP contribution in [0.5, 0.6) is 0 Å². The lowest BCUT2D eigenvalue weighted by Crippen LogP contribution is -2.43. The molecule has 4 rings (SSSR count). The average molecular weight is 399 g/mol. The number of H-pyrrole nitrogens is 1. The minimum absolute atomic E-state index is 0.144. The molecule has 152 valence electrons.